The molecule has 0 aliphatic carbocycles. The quantitative estimate of drug-likeness (QED) is 0.550. The molecule has 0 spiro atoms. The molecule has 0 unspecified atom stereocenters. The summed E-state index contributed by atoms with van der Waals surface area (Å²) in [7, 11) is 0. The maximum absolute atomic E-state index is 10.7. The minimum absolute atomic E-state index is 0.130. The minimum Gasteiger partial charge on any atom is -0.481 e. The highest BCUT2D eigenvalue weighted by Crippen LogP contribution is 2.23. The number of carboxylic acid groups (broad SMARTS) is 1. The van der Waals surface area contributed by atoms with Gasteiger partial charge in [-0.3, -0.25) is 9.69 Å². The number of hydrogen-bond acceptors (Lipinski definition) is 3. The highest BCUT2D eigenvalue weighted by Gasteiger charge is 2.36. The van der Waals surface area contributed by atoms with Crippen LogP contribution in [0.1, 0.15) is 6.42 Å². The molecule has 0 aromatic carbocycles. The van der Waals surface area contributed by atoms with E-state index >= 15 is 0 Å². The van der Waals surface area contributed by atoms with Crippen molar-refractivity contribution in [2.75, 3.05) is 26.2 Å². The second kappa shape index (κ2) is 3.03. The Labute approximate surface area is 71.5 Å². The summed E-state index contributed by atoms with van der Waals surface area (Å²) in [5, 5.41) is 12.1. The zero-order valence-corrected chi connectivity index (χ0v) is 6.99. The zero-order valence-electron chi connectivity index (χ0n) is 6.99. The van der Waals surface area contributed by atoms with Crippen LogP contribution in [0.25, 0.3) is 0 Å². The van der Waals surface area contributed by atoms with Crippen LogP contribution in [0.4, 0.5) is 0 Å². The summed E-state index contributed by atoms with van der Waals surface area (Å²) in [6.07, 6.45) is 0.822. The molecule has 4 heteroatoms. The lowest BCUT2D eigenvalue weighted by molar-refractivity contribution is -0.141. The number of carbonyl (C=O) groups is 1. The average molecular weight is 170 g/mol. The van der Waals surface area contributed by atoms with Gasteiger partial charge in [0.25, 0.3) is 0 Å². The third-order valence-electron chi connectivity index (χ3n) is 2.83. The Morgan fingerprint density at radius 3 is 3.08 bits per heavy atom. The Kier molecular flexibility index (Phi) is 2.02. The van der Waals surface area contributed by atoms with Crippen LogP contribution in [-0.4, -0.2) is 48.2 Å². The minimum atomic E-state index is -0.635. The first-order valence-corrected chi connectivity index (χ1v) is 4.45. The largest absolute Gasteiger partial charge is 0.481 e. The van der Waals surface area contributed by atoms with Gasteiger partial charge in [0.1, 0.15) is 0 Å². The van der Waals surface area contributed by atoms with E-state index in [2.05, 4.69) is 10.2 Å². The number of hydrogen-bond donors (Lipinski definition) is 2. The van der Waals surface area contributed by atoms with Gasteiger partial charge in [0.2, 0.25) is 0 Å². The summed E-state index contributed by atoms with van der Waals surface area (Å²) < 4.78 is 0. The summed E-state index contributed by atoms with van der Waals surface area (Å²) in [6.45, 7) is 3.72. The second-order valence-corrected chi connectivity index (χ2v) is 3.62. The number of rotatable bonds is 1. The molecule has 12 heavy (non-hydrogen) atoms. The summed E-state index contributed by atoms with van der Waals surface area (Å²) in [5.41, 5.74) is 0. The second-order valence-electron chi connectivity index (χ2n) is 3.62. The summed E-state index contributed by atoms with van der Waals surface area (Å²) in [6, 6.07) is 0.472. The van der Waals surface area contributed by atoms with Crippen molar-refractivity contribution in [2.45, 2.75) is 12.5 Å². The molecule has 2 saturated heterocycles. The lowest BCUT2D eigenvalue weighted by Gasteiger charge is -2.29. The molecule has 0 amide bonds. The van der Waals surface area contributed by atoms with Gasteiger partial charge in [-0.05, 0) is 6.42 Å². The van der Waals surface area contributed by atoms with E-state index < -0.39 is 5.97 Å². The van der Waals surface area contributed by atoms with Crippen LogP contribution in [-0.2, 0) is 4.79 Å². The van der Waals surface area contributed by atoms with E-state index in [1.807, 2.05) is 0 Å². The van der Waals surface area contributed by atoms with Crippen molar-refractivity contribution < 1.29 is 9.90 Å². The molecule has 0 saturated carbocycles. The average Bonchev–Trinajstić information content (AvgIpc) is 2.46. The SMILES string of the molecule is O=C(O)[C@H]1C[C@H]2CNCCN2C1. The molecular formula is C8H14N2O2. The Balaban J connectivity index is 1.98. The van der Waals surface area contributed by atoms with Crippen molar-refractivity contribution in [3.8, 4) is 0 Å². The van der Waals surface area contributed by atoms with Crippen molar-refractivity contribution in [3.05, 3.63) is 0 Å². The molecule has 0 aromatic heterocycles. The van der Waals surface area contributed by atoms with E-state index in [9.17, 15) is 4.79 Å². The van der Waals surface area contributed by atoms with E-state index in [0.29, 0.717) is 6.04 Å². The molecule has 68 valence electrons. The normalized spacial score (nSPS) is 36.3. The van der Waals surface area contributed by atoms with Gasteiger partial charge >= 0.3 is 5.97 Å². The van der Waals surface area contributed by atoms with Gasteiger partial charge in [-0.15, -0.1) is 0 Å². The third kappa shape index (κ3) is 1.32. The summed E-state index contributed by atoms with van der Waals surface area (Å²) in [5.74, 6) is -0.765. The van der Waals surface area contributed by atoms with Gasteiger partial charge in [0.15, 0.2) is 0 Å². The number of nitrogens with one attached hydrogen (secondary N) is 1. The molecule has 2 atom stereocenters. The number of fused-ring (bicyclic) bond motifs is 1. The first-order chi connectivity index (χ1) is 5.77. The van der Waals surface area contributed by atoms with E-state index in [-0.39, 0.29) is 5.92 Å². The van der Waals surface area contributed by atoms with Gasteiger partial charge in [-0.2, -0.15) is 0 Å². The zero-order chi connectivity index (χ0) is 8.55. The molecular weight excluding hydrogens is 156 g/mol. The molecule has 2 aliphatic rings. The predicted octanol–water partition coefficient (Wildman–Crippen LogP) is -0.635. The van der Waals surface area contributed by atoms with Gasteiger partial charge in [-0.1, -0.05) is 0 Å². The summed E-state index contributed by atoms with van der Waals surface area (Å²) in [4.78, 5) is 13.0. The fourth-order valence-electron chi connectivity index (χ4n) is 2.14. The molecule has 2 fully saturated rings. The monoisotopic (exact) mass is 170 g/mol. The number of aliphatic carboxylic acids is 1. The molecule has 4 nitrogen and oxygen atoms in total. The lowest BCUT2D eigenvalue weighted by atomic mass is 10.1. The Morgan fingerprint density at radius 2 is 2.42 bits per heavy atom. The van der Waals surface area contributed by atoms with Crippen LogP contribution in [0.2, 0.25) is 0 Å². The maximum atomic E-state index is 10.7. The van der Waals surface area contributed by atoms with Crippen LogP contribution >= 0.6 is 0 Å². The predicted molar refractivity (Wildman–Crippen MR) is 44.0 cm³/mol. The van der Waals surface area contributed by atoms with Crippen molar-refractivity contribution in [1.29, 1.82) is 0 Å². The van der Waals surface area contributed by atoms with Crippen LogP contribution in [0, 0.1) is 5.92 Å². The number of carboxylic acids is 1. The smallest absolute Gasteiger partial charge is 0.307 e. The first-order valence-electron chi connectivity index (χ1n) is 4.45. The summed E-state index contributed by atoms with van der Waals surface area (Å²) >= 11 is 0. The van der Waals surface area contributed by atoms with Crippen molar-refractivity contribution >= 4 is 5.97 Å². The van der Waals surface area contributed by atoms with E-state index in [0.717, 1.165) is 32.6 Å². The molecule has 2 aliphatic heterocycles. The Morgan fingerprint density at radius 1 is 1.58 bits per heavy atom. The standard InChI is InChI=1S/C8H14N2O2/c11-8(12)6-3-7-4-9-1-2-10(7)5-6/h6-7,9H,1-5H2,(H,11,12)/t6-,7-/m0/s1. The van der Waals surface area contributed by atoms with Gasteiger partial charge < -0.3 is 10.4 Å². The van der Waals surface area contributed by atoms with Crippen LogP contribution in [0.15, 0.2) is 0 Å². The Hall–Kier alpha value is -0.610. The van der Waals surface area contributed by atoms with Gasteiger partial charge in [0.05, 0.1) is 5.92 Å². The van der Waals surface area contributed by atoms with Crippen molar-refractivity contribution in [1.82, 2.24) is 10.2 Å². The highest BCUT2D eigenvalue weighted by molar-refractivity contribution is 5.70. The maximum Gasteiger partial charge on any atom is 0.307 e. The number of nitrogens with zero attached hydrogens (tertiary/aromatic N) is 1. The highest BCUT2D eigenvalue weighted by atomic mass is 16.4. The molecule has 0 aromatic rings. The van der Waals surface area contributed by atoms with Crippen LogP contribution < -0.4 is 5.32 Å². The number of piperazine rings is 1. The van der Waals surface area contributed by atoms with E-state index in [1.165, 1.54) is 0 Å². The van der Waals surface area contributed by atoms with Gasteiger partial charge in [-0.25, -0.2) is 0 Å². The fourth-order valence-corrected chi connectivity index (χ4v) is 2.14. The topological polar surface area (TPSA) is 52.6 Å². The molecule has 0 radical (unpaired) electrons. The van der Waals surface area contributed by atoms with Crippen molar-refractivity contribution in [2.24, 2.45) is 5.92 Å². The van der Waals surface area contributed by atoms with Crippen LogP contribution in [0.5, 0.6) is 0 Å². The third-order valence-corrected chi connectivity index (χ3v) is 2.83. The lowest BCUT2D eigenvalue weighted by Crippen LogP contribution is -2.47. The Bertz CT molecular complexity index is 181. The van der Waals surface area contributed by atoms with E-state index in [4.69, 9.17) is 5.11 Å². The molecule has 2 N–H and O–H groups in total. The molecule has 2 heterocycles. The van der Waals surface area contributed by atoms with E-state index in [1.54, 1.807) is 0 Å². The van der Waals surface area contributed by atoms with Crippen molar-refractivity contribution in [3.63, 3.8) is 0 Å². The van der Waals surface area contributed by atoms with Crippen LogP contribution in [0.3, 0.4) is 0 Å². The fraction of sp³-hybridized carbons (Fsp3) is 0.875. The first kappa shape index (κ1) is 8.01. The van der Waals surface area contributed by atoms with Gasteiger partial charge in [0, 0.05) is 32.2 Å². The molecule has 2 rings (SSSR count). The molecule has 0 bridgehead atoms.